The van der Waals surface area contributed by atoms with Crippen LogP contribution in [0, 0.1) is 6.92 Å². The molecule has 6 heteroatoms. The SMILES string of the molecule is [CH2]c1ccc(CN2CCN(C)c3nc(NCC)ncc3C2=O)cc1. The molecule has 2 aromatic rings. The Balaban J connectivity index is 1.87. The van der Waals surface area contributed by atoms with Gasteiger partial charge in [-0.25, -0.2) is 4.98 Å². The monoisotopic (exact) mass is 324 g/mol. The van der Waals surface area contributed by atoms with Gasteiger partial charge in [0.1, 0.15) is 11.4 Å². The molecular weight excluding hydrogens is 302 g/mol. The van der Waals surface area contributed by atoms with Crippen molar-refractivity contribution in [2.45, 2.75) is 13.5 Å². The Kier molecular flexibility index (Phi) is 4.64. The molecule has 1 aromatic carbocycles. The molecule has 125 valence electrons. The molecule has 1 radical (unpaired) electrons. The molecule has 0 saturated heterocycles. The highest BCUT2D eigenvalue weighted by molar-refractivity contribution is 5.99. The molecule has 1 N–H and O–H groups in total. The standard InChI is InChI=1S/C18H22N5O/c1-4-19-18-20-11-15-16(21-18)22(3)9-10-23(17(15)24)12-14-7-5-13(2)6-8-14/h5-8,11H,2,4,9-10,12H2,1,3H3,(H,19,20,21). The van der Waals surface area contributed by atoms with E-state index in [9.17, 15) is 4.79 Å². The zero-order valence-corrected chi connectivity index (χ0v) is 14.1. The summed E-state index contributed by atoms with van der Waals surface area (Å²) in [6.45, 7) is 8.57. The topological polar surface area (TPSA) is 61.4 Å². The molecule has 1 aromatic heterocycles. The predicted molar refractivity (Wildman–Crippen MR) is 95.1 cm³/mol. The van der Waals surface area contributed by atoms with E-state index in [1.807, 2.05) is 48.0 Å². The van der Waals surface area contributed by atoms with Crippen LogP contribution in [0.1, 0.15) is 28.4 Å². The van der Waals surface area contributed by atoms with E-state index in [1.54, 1.807) is 6.20 Å². The minimum Gasteiger partial charge on any atom is -0.357 e. The van der Waals surface area contributed by atoms with Gasteiger partial charge in [0.2, 0.25) is 5.95 Å². The van der Waals surface area contributed by atoms with E-state index in [-0.39, 0.29) is 5.91 Å². The van der Waals surface area contributed by atoms with Crippen LogP contribution in [-0.4, -0.2) is 47.5 Å². The highest BCUT2D eigenvalue weighted by atomic mass is 16.2. The van der Waals surface area contributed by atoms with E-state index in [4.69, 9.17) is 0 Å². The summed E-state index contributed by atoms with van der Waals surface area (Å²) < 4.78 is 0. The van der Waals surface area contributed by atoms with Crippen molar-refractivity contribution in [2.24, 2.45) is 0 Å². The largest absolute Gasteiger partial charge is 0.357 e. The van der Waals surface area contributed by atoms with Crippen molar-refractivity contribution in [3.05, 3.63) is 54.1 Å². The van der Waals surface area contributed by atoms with Crippen molar-refractivity contribution < 1.29 is 4.79 Å². The Labute approximate surface area is 142 Å². The summed E-state index contributed by atoms with van der Waals surface area (Å²) in [5, 5.41) is 3.09. The highest BCUT2D eigenvalue weighted by Crippen LogP contribution is 2.23. The summed E-state index contributed by atoms with van der Waals surface area (Å²) in [5.41, 5.74) is 2.60. The van der Waals surface area contributed by atoms with Gasteiger partial charge in [-0.3, -0.25) is 4.79 Å². The first kappa shape index (κ1) is 16.2. The summed E-state index contributed by atoms with van der Waals surface area (Å²) in [4.78, 5) is 25.5. The lowest BCUT2D eigenvalue weighted by Gasteiger charge is -2.21. The van der Waals surface area contributed by atoms with Gasteiger partial charge in [-0.2, -0.15) is 4.98 Å². The molecule has 0 unspecified atom stereocenters. The van der Waals surface area contributed by atoms with Crippen LogP contribution in [0.15, 0.2) is 30.5 Å². The molecule has 24 heavy (non-hydrogen) atoms. The van der Waals surface area contributed by atoms with Gasteiger partial charge in [0.15, 0.2) is 0 Å². The number of carbonyl (C=O) groups excluding carboxylic acids is 1. The normalized spacial score (nSPS) is 14.4. The van der Waals surface area contributed by atoms with Gasteiger partial charge < -0.3 is 15.1 Å². The molecule has 3 rings (SSSR count). The van der Waals surface area contributed by atoms with Crippen LogP contribution >= 0.6 is 0 Å². The van der Waals surface area contributed by atoms with Crippen LogP contribution in [0.5, 0.6) is 0 Å². The maximum atomic E-state index is 12.9. The van der Waals surface area contributed by atoms with Crippen molar-refractivity contribution in [1.29, 1.82) is 0 Å². The Morgan fingerprint density at radius 1 is 1.25 bits per heavy atom. The first-order chi connectivity index (χ1) is 11.6. The van der Waals surface area contributed by atoms with Gasteiger partial charge in [0.05, 0.1) is 0 Å². The maximum absolute atomic E-state index is 12.9. The number of aromatic nitrogens is 2. The summed E-state index contributed by atoms with van der Waals surface area (Å²) >= 11 is 0. The summed E-state index contributed by atoms with van der Waals surface area (Å²) in [6.07, 6.45) is 1.62. The molecule has 2 heterocycles. The van der Waals surface area contributed by atoms with Crippen LogP contribution in [0.4, 0.5) is 11.8 Å². The minimum absolute atomic E-state index is 0.0314. The average Bonchev–Trinajstić information content (AvgIpc) is 2.69. The molecule has 0 spiro atoms. The smallest absolute Gasteiger partial charge is 0.259 e. The first-order valence-corrected chi connectivity index (χ1v) is 8.10. The van der Waals surface area contributed by atoms with Gasteiger partial charge in [0.25, 0.3) is 5.91 Å². The third-order valence-electron chi connectivity index (χ3n) is 4.08. The summed E-state index contributed by atoms with van der Waals surface area (Å²) in [7, 11) is 1.95. The van der Waals surface area contributed by atoms with Crippen LogP contribution in [-0.2, 0) is 6.54 Å². The number of amides is 1. The average molecular weight is 324 g/mol. The quantitative estimate of drug-likeness (QED) is 0.934. The second-order valence-corrected chi connectivity index (χ2v) is 5.93. The van der Waals surface area contributed by atoms with Crippen molar-refractivity contribution in [2.75, 3.05) is 36.9 Å². The number of nitrogens with one attached hydrogen (secondary N) is 1. The number of carbonyl (C=O) groups is 1. The fourth-order valence-corrected chi connectivity index (χ4v) is 2.72. The van der Waals surface area contributed by atoms with E-state index < -0.39 is 0 Å². The Bertz CT molecular complexity index is 729. The molecule has 0 bridgehead atoms. The van der Waals surface area contributed by atoms with Crippen molar-refractivity contribution >= 4 is 17.7 Å². The lowest BCUT2D eigenvalue weighted by Crippen LogP contribution is -2.33. The van der Waals surface area contributed by atoms with Crippen molar-refractivity contribution in [1.82, 2.24) is 14.9 Å². The van der Waals surface area contributed by atoms with E-state index >= 15 is 0 Å². The minimum atomic E-state index is -0.0314. The molecule has 1 amide bonds. The second kappa shape index (κ2) is 6.86. The summed E-state index contributed by atoms with van der Waals surface area (Å²) in [6, 6.07) is 7.94. The van der Waals surface area contributed by atoms with Crippen LogP contribution < -0.4 is 10.2 Å². The molecular formula is C18H22N5O. The Morgan fingerprint density at radius 2 is 2.00 bits per heavy atom. The lowest BCUT2D eigenvalue weighted by molar-refractivity contribution is 0.0754. The number of hydrogen-bond acceptors (Lipinski definition) is 5. The van der Waals surface area contributed by atoms with Gasteiger partial charge >= 0.3 is 0 Å². The highest BCUT2D eigenvalue weighted by Gasteiger charge is 2.26. The van der Waals surface area contributed by atoms with E-state index in [0.717, 1.165) is 24.2 Å². The van der Waals surface area contributed by atoms with Crippen molar-refractivity contribution in [3.63, 3.8) is 0 Å². The maximum Gasteiger partial charge on any atom is 0.259 e. The Morgan fingerprint density at radius 3 is 2.71 bits per heavy atom. The molecule has 6 nitrogen and oxygen atoms in total. The van der Waals surface area contributed by atoms with Gasteiger partial charge in [0, 0.05) is 39.4 Å². The van der Waals surface area contributed by atoms with E-state index in [2.05, 4.69) is 22.2 Å². The summed E-state index contributed by atoms with van der Waals surface area (Å²) in [5.74, 6) is 1.20. The zero-order chi connectivity index (χ0) is 17.1. The van der Waals surface area contributed by atoms with Crippen LogP contribution in [0.3, 0.4) is 0 Å². The number of likely N-dealkylation sites (N-methyl/N-ethyl adjacent to an activating group) is 1. The fourth-order valence-electron chi connectivity index (χ4n) is 2.72. The number of anilines is 2. The third kappa shape index (κ3) is 3.32. The predicted octanol–water partition coefficient (Wildman–Crippen LogP) is 2.18. The van der Waals surface area contributed by atoms with Crippen LogP contribution in [0.25, 0.3) is 0 Å². The molecule has 0 fully saturated rings. The number of hydrogen-bond donors (Lipinski definition) is 1. The van der Waals surface area contributed by atoms with Gasteiger partial charge in [-0.15, -0.1) is 0 Å². The Hall–Kier alpha value is -2.63. The first-order valence-electron chi connectivity index (χ1n) is 8.10. The third-order valence-corrected chi connectivity index (χ3v) is 4.08. The van der Waals surface area contributed by atoms with Gasteiger partial charge in [-0.05, 0) is 25.0 Å². The fraction of sp³-hybridized carbons (Fsp3) is 0.333. The lowest BCUT2D eigenvalue weighted by atomic mass is 10.1. The van der Waals surface area contributed by atoms with Crippen LogP contribution in [0.2, 0.25) is 0 Å². The molecule has 0 saturated carbocycles. The number of nitrogens with zero attached hydrogens (tertiary/aromatic N) is 4. The van der Waals surface area contributed by atoms with Crippen molar-refractivity contribution in [3.8, 4) is 0 Å². The van der Waals surface area contributed by atoms with E-state index in [1.165, 1.54) is 0 Å². The molecule has 0 aliphatic carbocycles. The second-order valence-electron chi connectivity index (χ2n) is 5.93. The zero-order valence-electron chi connectivity index (χ0n) is 14.1. The number of rotatable bonds is 4. The number of fused-ring (bicyclic) bond motifs is 1. The molecule has 1 aliphatic heterocycles. The molecule has 0 atom stereocenters. The van der Waals surface area contributed by atoms with Gasteiger partial charge in [-0.1, -0.05) is 24.3 Å². The van der Waals surface area contributed by atoms with E-state index in [0.29, 0.717) is 30.4 Å². The molecule has 1 aliphatic rings. The number of benzene rings is 1.